The summed E-state index contributed by atoms with van der Waals surface area (Å²) < 4.78 is 5.35. The third-order valence-electron chi connectivity index (χ3n) is 3.96. The second kappa shape index (κ2) is 7.10. The summed E-state index contributed by atoms with van der Waals surface area (Å²) in [7, 11) is 2.08. The third kappa shape index (κ3) is 5.36. The smallest absolute Gasteiger partial charge is 0.309 e. The van der Waals surface area contributed by atoms with Gasteiger partial charge >= 0.3 is 5.97 Å². The molecule has 0 radical (unpaired) electrons. The Hall–Kier alpha value is -0.610. The van der Waals surface area contributed by atoms with E-state index in [-0.39, 0.29) is 0 Å². The molecule has 0 aromatic rings. The van der Waals surface area contributed by atoms with Crippen LogP contribution < -0.4 is 0 Å². The molecule has 1 rings (SSSR count). The zero-order chi connectivity index (χ0) is 13.6. The summed E-state index contributed by atoms with van der Waals surface area (Å²) in [5.41, 5.74) is -0.618. The van der Waals surface area contributed by atoms with Crippen molar-refractivity contribution in [3.63, 3.8) is 0 Å². The number of carboxylic acid groups (broad SMARTS) is 1. The van der Waals surface area contributed by atoms with Crippen LogP contribution in [0.1, 0.15) is 39.5 Å². The summed E-state index contributed by atoms with van der Waals surface area (Å²) in [6.07, 6.45) is 4.25. The quantitative estimate of drug-likeness (QED) is 0.760. The molecule has 0 spiro atoms. The van der Waals surface area contributed by atoms with Gasteiger partial charge in [-0.25, -0.2) is 0 Å². The molecule has 0 aliphatic carbocycles. The van der Waals surface area contributed by atoms with Crippen LogP contribution in [0.3, 0.4) is 0 Å². The standard InChI is InChI=1S/C14H27NO3/c1-14(2,13(16)17)7-9-15(3)8-4-12-5-10-18-11-6-12/h12H,4-11H2,1-3H3,(H,16,17). The van der Waals surface area contributed by atoms with Gasteiger partial charge in [0.25, 0.3) is 0 Å². The maximum absolute atomic E-state index is 11.0. The van der Waals surface area contributed by atoms with E-state index in [2.05, 4.69) is 11.9 Å². The van der Waals surface area contributed by atoms with Crippen molar-refractivity contribution in [2.45, 2.75) is 39.5 Å². The molecule has 0 saturated carbocycles. The molecule has 0 aromatic heterocycles. The van der Waals surface area contributed by atoms with Gasteiger partial charge in [0, 0.05) is 13.2 Å². The lowest BCUT2D eigenvalue weighted by Gasteiger charge is -2.26. The average molecular weight is 257 g/mol. The van der Waals surface area contributed by atoms with Crippen LogP contribution in [0.15, 0.2) is 0 Å². The molecule has 1 heterocycles. The van der Waals surface area contributed by atoms with Crippen LogP contribution in [0.2, 0.25) is 0 Å². The molecule has 0 atom stereocenters. The predicted octanol–water partition coefficient (Wildman–Crippen LogP) is 2.24. The number of carbonyl (C=O) groups is 1. The molecule has 106 valence electrons. The largest absolute Gasteiger partial charge is 0.481 e. The molecule has 4 nitrogen and oxygen atoms in total. The minimum atomic E-state index is -0.708. The van der Waals surface area contributed by atoms with Crippen molar-refractivity contribution in [2.24, 2.45) is 11.3 Å². The SMILES string of the molecule is CN(CCC1CCOCC1)CCC(C)(C)C(=O)O. The number of rotatable bonds is 7. The van der Waals surface area contributed by atoms with E-state index >= 15 is 0 Å². The maximum Gasteiger partial charge on any atom is 0.309 e. The molecule has 1 aliphatic heterocycles. The van der Waals surface area contributed by atoms with Gasteiger partial charge in [-0.1, -0.05) is 0 Å². The second-order valence-electron chi connectivity index (χ2n) is 6.09. The van der Waals surface area contributed by atoms with Crippen LogP contribution in [-0.2, 0) is 9.53 Å². The van der Waals surface area contributed by atoms with Gasteiger partial charge in [0.1, 0.15) is 0 Å². The van der Waals surface area contributed by atoms with Crippen molar-refractivity contribution in [2.75, 3.05) is 33.4 Å². The molecule has 0 unspecified atom stereocenters. The van der Waals surface area contributed by atoms with Crippen molar-refractivity contribution >= 4 is 5.97 Å². The topological polar surface area (TPSA) is 49.8 Å². The third-order valence-corrected chi connectivity index (χ3v) is 3.96. The van der Waals surface area contributed by atoms with Crippen molar-refractivity contribution in [1.29, 1.82) is 0 Å². The first-order chi connectivity index (χ1) is 8.42. The Balaban J connectivity index is 2.17. The number of aliphatic carboxylic acids is 1. The van der Waals surface area contributed by atoms with Gasteiger partial charge in [-0.2, -0.15) is 0 Å². The fourth-order valence-corrected chi connectivity index (χ4v) is 2.13. The number of nitrogens with zero attached hydrogens (tertiary/aromatic N) is 1. The van der Waals surface area contributed by atoms with E-state index in [4.69, 9.17) is 9.84 Å². The second-order valence-corrected chi connectivity index (χ2v) is 6.09. The van der Waals surface area contributed by atoms with Gasteiger partial charge in [0.2, 0.25) is 0 Å². The molecule has 1 fully saturated rings. The summed E-state index contributed by atoms with van der Waals surface area (Å²) in [4.78, 5) is 13.3. The fourth-order valence-electron chi connectivity index (χ4n) is 2.13. The first-order valence-electron chi connectivity index (χ1n) is 6.91. The molecule has 0 bridgehead atoms. The predicted molar refractivity (Wildman–Crippen MR) is 71.7 cm³/mol. The van der Waals surface area contributed by atoms with Gasteiger partial charge in [-0.3, -0.25) is 4.79 Å². The molecule has 1 N–H and O–H groups in total. The van der Waals surface area contributed by atoms with Crippen LogP contribution in [-0.4, -0.2) is 49.3 Å². The number of ether oxygens (including phenoxy) is 1. The van der Waals surface area contributed by atoms with Crippen LogP contribution in [0.5, 0.6) is 0 Å². The highest BCUT2D eigenvalue weighted by Crippen LogP contribution is 2.22. The van der Waals surface area contributed by atoms with Gasteiger partial charge in [-0.15, -0.1) is 0 Å². The Morgan fingerprint density at radius 3 is 2.50 bits per heavy atom. The van der Waals surface area contributed by atoms with Gasteiger partial charge < -0.3 is 14.7 Å². The molecular formula is C14H27NO3. The van der Waals surface area contributed by atoms with Crippen LogP contribution in [0.25, 0.3) is 0 Å². The number of carboxylic acids is 1. The van der Waals surface area contributed by atoms with Gasteiger partial charge in [-0.05, 0) is 65.6 Å². The van der Waals surface area contributed by atoms with E-state index in [1.54, 1.807) is 13.8 Å². The van der Waals surface area contributed by atoms with Crippen molar-refractivity contribution < 1.29 is 14.6 Å². The molecule has 1 saturated heterocycles. The molecular weight excluding hydrogens is 230 g/mol. The van der Waals surface area contributed by atoms with Crippen molar-refractivity contribution in [1.82, 2.24) is 4.90 Å². The van der Waals surface area contributed by atoms with Crippen LogP contribution in [0, 0.1) is 11.3 Å². The summed E-state index contributed by atoms with van der Waals surface area (Å²) >= 11 is 0. The first-order valence-corrected chi connectivity index (χ1v) is 6.91. The number of hydrogen-bond donors (Lipinski definition) is 1. The summed E-state index contributed by atoms with van der Waals surface area (Å²) in [5.74, 6) is 0.0778. The zero-order valence-corrected chi connectivity index (χ0v) is 11.9. The average Bonchev–Trinajstić information content (AvgIpc) is 2.35. The summed E-state index contributed by atoms with van der Waals surface area (Å²) in [6.45, 7) is 7.30. The minimum absolute atomic E-state index is 0.618. The molecule has 0 aromatic carbocycles. The minimum Gasteiger partial charge on any atom is -0.481 e. The molecule has 18 heavy (non-hydrogen) atoms. The van der Waals surface area contributed by atoms with Crippen LogP contribution >= 0.6 is 0 Å². The Kier molecular flexibility index (Phi) is 6.09. The van der Waals surface area contributed by atoms with Gasteiger partial charge in [0.05, 0.1) is 5.41 Å². The van der Waals surface area contributed by atoms with E-state index < -0.39 is 11.4 Å². The lowest BCUT2D eigenvalue weighted by Crippen LogP contribution is -2.31. The molecule has 1 aliphatic rings. The normalized spacial score (nSPS) is 18.2. The van der Waals surface area contributed by atoms with E-state index in [9.17, 15) is 4.79 Å². The summed E-state index contributed by atoms with van der Waals surface area (Å²) in [5, 5.41) is 9.06. The highest BCUT2D eigenvalue weighted by molar-refractivity contribution is 5.73. The highest BCUT2D eigenvalue weighted by Gasteiger charge is 2.27. The fraction of sp³-hybridized carbons (Fsp3) is 0.929. The Morgan fingerprint density at radius 2 is 1.94 bits per heavy atom. The Labute approximate surface area is 110 Å². The molecule has 0 amide bonds. The van der Waals surface area contributed by atoms with Crippen LogP contribution in [0.4, 0.5) is 0 Å². The van der Waals surface area contributed by atoms with Crippen molar-refractivity contribution in [3.05, 3.63) is 0 Å². The molecule has 4 heteroatoms. The van der Waals surface area contributed by atoms with E-state index in [0.29, 0.717) is 6.42 Å². The highest BCUT2D eigenvalue weighted by atomic mass is 16.5. The van der Waals surface area contributed by atoms with E-state index in [1.165, 1.54) is 19.3 Å². The van der Waals surface area contributed by atoms with Gasteiger partial charge in [0.15, 0.2) is 0 Å². The maximum atomic E-state index is 11.0. The Bertz CT molecular complexity index is 260. The zero-order valence-electron chi connectivity index (χ0n) is 11.9. The van der Waals surface area contributed by atoms with Crippen molar-refractivity contribution in [3.8, 4) is 0 Å². The van der Waals surface area contributed by atoms with E-state index in [1.807, 2.05) is 0 Å². The first kappa shape index (κ1) is 15.4. The Morgan fingerprint density at radius 1 is 1.33 bits per heavy atom. The monoisotopic (exact) mass is 257 g/mol. The lowest BCUT2D eigenvalue weighted by atomic mass is 9.89. The lowest BCUT2D eigenvalue weighted by molar-refractivity contribution is -0.147. The van der Waals surface area contributed by atoms with E-state index in [0.717, 1.165) is 32.2 Å². The summed E-state index contributed by atoms with van der Waals surface area (Å²) in [6, 6.07) is 0. The number of hydrogen-bond acceptors (Lipinski definition) is 3.